The van der Waals surface area contributed by atoms with Gasteiger partial charge in [0.05, 0.1) is 6.61 Å². The van der Waals surface area contributed by atoms with E-state index < -0.39 is 0 Å². The number of guanidine groups is 1. The first-order valence-corrected chi connectivity index (χ1v) is 8.74. The van der Waals surface area contributed by atoms with Crippen LogP contribution in [0.15, 0.2) is 29.3 Å². The topological polar surface area (TPSA) is 36.9 Å². The van der Waals surface area contributed by atoms with E-state index in [0.29, 0.717) is 12.0 Å². The first-order chi connectivity index (χ1) is 11.5. The van der Waals surface area contributed by atoms with Gasteiger partial charge in [-0.05, 0) is 24.5 Å². The van der Waals surface area contributed by atoms with Crippen LogP contribution in [0.5, 0.6) is 0 Å². The average Bonchev–Trinajstić information content (AvgIpc) is 3.19. The molecule has 2 heterocycles. The molecule has 0 aromatic heterocycles. The molecule has 25 heavy (non-hydrogen) atoms. The second kappa shape index (κ2) is 8.20. The number of ether oxygens (including phenoxy) is 1. The van der Waals surface area contributed by atoms with Crippen LogP contribution >= 0.6 is 24.0 Å². The van der Waals surface area contributed by atoms with E-state index in [2.05, 4.69) is 29.1 Å². The SMILES string of the molecule is CN=C(NCC(C)(C)c1ccccc1F)N1CCC2(CCOC2)C1.I. The van der Waals surface area contributed by atoms with Crippen molar-refractivity contribution >= 4 is 29.9 Å². The maximum atomic E-state index is 14.1. The zero-order chi connectivity index (χ0) is 17.2. The Morgan fingerprint density at radius 1 is 1.36 bits per heavy atom. The van der Waals surface area contributed by atoms with Crippen LogP contribution in [0, 0.1) is 11.2 Å². The number of hydrogen-bond donors (Lipinski definition) is 1. The molecule has 1 spiro atoms. The Morgan fingerprint density at radius 3 is 2.76 bits per heavy atom. The van der Waals surface area contributed by atoms with Crippen LogP contribution in [0.25, 0.3) is 0 Å². The van der Waals surface area contributed by atoms with Crippen LogP contribution in [0.1, 0.15) is 32.3 Å². The van der Waals surface area contributed by atoms with E-state index in [4.69, 9.17) is 4.74 Å². The van der Waals surface area contributed by atoms with Crippen LogP contribution < -0.4 is 5.32 Å². The van der Waals surface area contributed by atoms with Crippen molar-refractivity contribution in [2.75, 3.05) is 39.9 Å². The lowest BCUT2D eigenvalue weighted by Gasteiger charge is -2.30. The molecule has 0 amide bonds. The predicted molar refractivity (Wildman–Crippen MR) is 110 cm³/mol. The van der Waals surface area contributed by atoms with E-state index in [1.165, 1.54) is 6.07 Å². The summed E-state index contributed by atoms with van der Waals surface area (Å²) in [6, 6.07) is 7.00. The summed E-state index contributed by atoms with van der Waals surface area (Å²) in [7, 11) is 1.81. The lowest BCUT2D eigenvalue weighted by molar-refractivity contribution is 0.156. The zero-order valence-electron chi connectivity index (χ0n) is 15.3. The molecule has 2 saturated heterocycles. The Balaban J connectivity index is 0.00000225. The second-order valence-electron chi connectivity index (χ2n) is 7.74. The van der Waals surface area contributed by atoms with E-state index in [-0.39, 0.29) is 35.2 Å². The predicted octanol–water partition coefficient (Wildman–Crippen LogP) is 3.41. The quantitative estimate of drug-likeness (QED) is 0.426. The molecule has 0 bridgehead atoms. The molecule has 3 rings (SSSR count). The average molecular weight is 461 g/mol. The highest BCUT2D eigenvalue weighted by Crippen LogP contribution is 2.38. The minimum atomic E-state index is -0.310. The van der Waals surface area contributed by atoms with Crippen molar-refractivity contribution in [1.82, 2.24) is 10.2 Å². The molecule has 1 unspecified atom stereocenters. The monoisotopic (exact) mass is 461 g/mol. The van der Waals surface area contributed by atoms with Gasteiger partial charge in [0.1, 0.15) is 5.82 Å². The van der Waals surface area contributed by atoms with Crippen molar-refractivity contribution in [1.29, 1.82) is 0 Å². The van der Waals surface area contributed by atoms with Crippen molar-refractivity contribution in [2.24, 2.45) is 10.4 Å². The fraction of sp³-hybridized carbons (Fsp3) is 0.632. The molecule has 1 N–H and O–H groups in total. The summed E-state index contributed by atoms with van der Waals surface area (Å²) in [4.78, 5) is 6.75. The maximum absolute atomic E-state index is 14.1. The van der Waals surface area contributed by atoms with Crippen LogP contribution in [0.2, 0.25) is 0 Å². The third kappa shape index (κ3) is 4.45. The summed E-state index contributed by atoms with van der Waals surface area (Å²) < 4.78 is 19.7. The largest absolute Gasteiger partial charge is 0.381 e. The number of aliphatic imine (C=N–C) groups is 1. The third-order valence-corrected chi connectivity index (χ3v) is 5.43. The number of halogens is 2. The van der Waals surface area contributed by atoms with E-state index in [1.54, 1.807) is 6.07 Å². The molecule has 1 aromatic carbocycles. The fourth-order valence-electron chi connectivity index (χ4n) is 3.82. The molecule has 0 aliphatic carbocycles. The summed E-state index contributed by atoms with van der Waals surface area (Å²) in [6.45, 7) is 8.49. The number of rotatable bonds is 3. The lowest BCUT2D eigenvalue weighted by Crippen LogP contribution is -2.46. The highest BCUT2D eigenvalue weighted by Gasteiger charge is 2.42. The van der Waals surface area contributed by atoms with Gasteiger partial charge in [-0.25, -0.2) is 4.39 Å². The van der Waals surface area contributed by atoms with Crippen molar-refractivity contribution < 1.29 is 9.13 Å². The molecule has 1 atom stereocenters. The molecule has 0 radical (unpaired) electrons. The van der Waals surface area contributed by atoms with Gasteiger partial charge in [-0.3, -0.25) is 4.99 Å². The molecule has 2 fully saturated rings. The fourth-order valence-corrected chi connectivity index (χ4v) is 3.82. The van der Waals surface area contributed by atoms with Crippen molar-refractivity contribution in [3.8, 4) is 0 Å². The van der Waals surface area contributed by atoms with Crippen LogP contribution in [0.3, 0.4) is 0 Å². The van der Waals surface area contributed by atoms with Gasteiger partial charge in [0.2, 0.25) is 0 Å². The van der Waals surface area contributed by atoms with Crippen molar-refractivity contribution in [3.63, 3.8) is 0 Å². The summed E-state index contributed by atoms with van der Waals surface area (Å²) in [5.74, 6) is 0.755. The van der Waals surface area contributed by atoms with Crippen LogP contribution in [0.4, 0.5) is 4.39 Å². The molecular formula is C19H29FIN3O. The van der Waals surface area contributed by atoms with Crippen LogP contribution in [-0.4, -0.2) is 50.8 Å². The number of likely N-dealkylation sites (tertiary alicyclic amines) is 1. The Labute approximate surface area is 167 Å². The molecule has 2 aliphatic rings. The van der Waals surface area contributed by atoms with Crippen molar-refractivity contribution in [2.45, 2.75) is 32.1 Å². The molecule has 0 saturated carbocycles. The van der Waals surface area contributed by atoms with Crippen LogP contribution in [-0.2, 0) is 10.2 Å². The van der Waals surface area contributed by atoms with Crippen molar-refractivity contribution in [3.05, 3.63) is 35.6 Å². The van der Waals surface area contributed by atoms with E-state index in [9.17, 15) is 4.39 Å². The Morgan fingerprint density at radius 2 is 2.12 bits per heavy atom. The lowest BCUT2D eigenvalue weighted by atomic mass is 9.84. The zero-order valence-corrected chi connectivity index (χ0v) is 17.7. The number of nitrogens with zero attached hydrogens (tertiary/aromatic N) is 2. The molecule has 2 aliphatic heterocycles. The van der Waals surface area contributed by atoms with Gasteiger partial charge < -0.3 is 15.0 Å². The summed E-state index contributed by atoms with van der Waals surface area (Å²) in [5.41, 5.74) is 0.725. The normalized spacial score (nSPS) is 23.8. The van der Waals surface area contributed by atoms with Gasteiger partial charge in [0, 0.05) is 44.1 Å². The van der Waals surface area contributed by atoms with Gasteiger partial charge in [-0.2, -0.15) is 0 Å². The van der Waals surface area contributed by atoms with Gasteiger partial charge in [0.15, 0.2) is 5.96 Å². The number of hydrogen-bond acceptors (Lipinski definition) is 2. The first kappa shape index (κ1) is 20.4. The van der Waals surface area contributed by atoms with Gasteiger partial charge in [0.25, 0.3) is 0 Å². The standard InChI is InChI=1S/C19H28FN3O.HI/c1-18(2,15-6-4-5-7-16(15)20)12-22-17(21-3)23-10-8-19(13-23)9-11-24-14-19;/h4-7H,8-14H2,1-3H3,(H,21,22);1H. The summed E-state index contributed by atoms with van der Waals surface area (Å²) in [5, 5.41) is 3.45. The molecule has 6 heteroatoms. The molecule has 4 nitrogen and oxygen atoms in total. The Hall–Kier alpha value is -0.890. The number of benzene rings is 1. The van der Waals surface area contributed by atoms with E-state index in [1.807, 2.05) is 19.2 Å². The summed E-state index contributed by atoms with van der Waals surface area (Å²) >= 11 is 0. The maximum Gasteiger partial charge on any atom is 0.193 e. The van der Waals surface area contributed by atoms with Gasteiger partial charge >= 0.3 is 0 Å². The first-order valence-electron chi connectivity index (χ1n) is 8.74. The van der Waals surface area contributed by atoms with Gasteiger partial charge in [-0.1, -0.05) is 32.0 Å². The Bertz CT molecular complexity index is 614. The molecule has 140 valence electrons. The molecule has 1 aromatic rings. The molecular weight excluding hydrogens is 432 g/mol. The minimum Gasteiger partial charge on any atom is -0.381 e. The highest BCUT2D eigenvalue weighted by atomic mass is 127. The Kier molecular flexibility index (Phi) is 6.70. The van der Waals surface area contributed by atoms with E-state index >= 15 is 0 Å². The summed E-state index contributed by atoms with van der Waals surface area (Å²) in [6.07, 6.45) is 2.30. The van der Waals surface area contributed by atoms with E-state index in [0.717, 1.165) is 50.7 Å². The van der Waals surface area contributed by atoms with Gasteiger partial charge in [-0.15, -0.1) is 24.0 Å². The highest BCUT2D eigenvalue weighted by molar-refractivity contribution is 14.0. The smallest absolute Gasteiger partial charge is 0.193 e. The second-order valence-corrected chi connectivity index (χ2v) is 7.74. The minimum absolute atomic E-state index is 0. The third-order valence-electron chi connectivity index (χ3n) is 5.43. The number of nitrogens with one attached hydrogen (secondary N) is 1.